The molecule has 34 heavy (non-hydrogen) atoms. The number of benzene rings is 1. The number of hydrogen-bond donors (Lipinski definition) is 2. The molecule has 7 nitrogen and oxygen atoms in total. The molecule has 1 atom stereocenters. The Bertz CT molecular complexity index is 1310. The van der Waals surface area contributed by atoms with Crippen LogP contribution in [0.4, 0.5) is 30.5 Å². The number of hydrogen-bond acceptors (Lipinski definition) is 8. The molecule has 182 valence electrons. The predicted octanol–water partition coefficient (Wildman–Crippen LogP) is 4.82. The third-order valence-electron chi connectivity index (χ3n) is 5.26. The Morgan fingerprint density at radius 1 is 1.29 bits per heavy atom. The summed E-state index contributed by atoms with van der Waals surface area (Å²) < 4.78 is 64.4. The van der Waals surface area contributed by atoms with Crippen molar-refractivity contribution in [2.45, 2.75) is 24.0 Å². The standard InChI is InChI=1S/C21H21ClF3N5O2S2/c1-12-10-30(6-5-26-12)13-3-4-17(16(22)7-13)28-20-27-9-15(21(23,24)25)19(29-20)18-8-14(11-33-18)34(2,31)32/h3-4,7-9,11-12,26H,5-6,10H2,1-2H3,(H,27,28,29)/t12-/m1/s1. The zero-order chi connectivity index (χ0) is 24.7. The van der Waals surface area contributed by atoms with E-state index in [0.717, 1.165) is 42.9 Å². The van der Waals surface area contributed by atoms with Crippen LogP contribution in [-0.2, 0) is 16.0 Å². The number of sulfone groups is 1. The van der Waals surface area contributed by atoms with Crippen LogP contribution < -0.4 is 15.5 Å². The fraction of sp³-hybridized carbons (Fsp3) is 0.333. The van der Waals surface area contributed by atoms with E-state index in [2.05, 4.69) is 32.4 Å². The van der Waals surface area contributed by atoms with Crippen molar-refractivity contribution in [1.82, 2.24) is 15.3 Å². The monoisotopic (exact) mass is 531 g/mol. The molecule has 13 heteroatoms. The third kappa shape index (κ3) is 5.45. The summed E-state index contributed by atoms with van der Waals surface area (Å²) in [6.07, 6.45) is -3.05. The van der Waals surface area contributed by atoms with Gasteiger partial charge in [-0.15, -0.1) is 11.3 Å². The maximum Gasteiger partial charge on any atom is 0.420 e. The lowest BCUT2D eigenvalue weighted by molar-refractivity contribution is -0.137. The summed E-state index contributed by atoms with van der Waals surface area (Å²) in [6.45, 7) is 4.60. The maximum absolute atomic E-state index is 13.6. The number of anilines is 3. The second kappa shape index (κ2) is 9.33. The summed E-state index contributed by atoms with van der Waals surface area (Å²) in [6, 6.07) is 6.89. The molecular formula is C21H21ClF3N5O2S2. The van der Waals surface area contributed by atoms with Crippen molar-refractivity contribution in [3.05, 3.63) is 46.4 Å². The topological polar surface area (TPSA) is 87.2 Å². The van der Waals surface area contributed by atoms with Gasteiger partial charge in [-0.05, 0) is 31.2 Å². The van der Waals surface area contributed by atoms with Gasteiger partial charge in [-0.2, -0.15) is 13.2 Å². The van der Waals surface area contributed by atoms with Crippen molar-refractivity contribution in [2.75, 3.05) is 36.1 Å². The molecule has 2 aromatic heterocycles. The molecule has 0 saturated carbocycles. The van der Waals surface area contributed by atoms with E-state index in [9.17, 15) is 21.6 Å². The van der Waals surface area contributed by atoms with Crippen molar-refractivity contribution in [3.63, 3.8) is 0 Å². The molecule has 1 saturated heterocycles. The van der Waals surface area contributed by atoms with Gasteiger partial charge in [0, 0.05) is 49.2 Å². The van der Waals surface area contributed by atoms with Crippen LogP contribution in [0.1, 0.15) is 12.5 Å². The molecule has 0 unspecified atom stereocenters. The first-order valence-corrected chi connectivity index (χ1v) is 13.3. The van der Waals surface area contributed by atoms with Gasteiger partial charge in [-0.25, -0.2) is 18.4 Å². The highest BCUT2D eigenvalue weighted by Crippen LogP contribution is 2.39. The van der Waals surface area contributed by atoms with E-state index in [1.165, 1.54) is 11.4 Å². The second-order valence-corrected chi connectivity index (χ2v) is 11.3. The summed E-state index contributed by atoms with van der Waals surface area (Å²) in [5.41, 5.74) is -0.103. The smallest absolute Gasteiger partial charge is 0.369 e. The normalized spacial score (nSPS) is 17.1. The van der Waals surface area contributed by atoms with Gasteiger partial charge >= 0.3 is 6.18 Å². The molecule has 3 heterocycles. The number of nitrogens with zero attached hydrogens (tertiary/aromatic N) is 3. The maximum atomic E-state index is 13.6. The highest BCUT2D eigenvalue weighted by molar-refractivity contribution is 7.90. The fourth-order valence-electron chi connectivity index (χ4n) is 3.56. The Hall–Kier alpha value is -2.41. The van der Waals surface area contributed by atoms with E-state index in [4.69, 9.17) is 11.6 Å². The van der Waals surface area contributed by atoms with Crippen molar-refractivity contribution >= 4 is 50.1 Å². The van der Waals surface area contributed by atoms with Crippen LogP contribution in [0.5, 0.6) is 0 Å². The van der Waals surface area contributed by atoms with Gasteiger partial charge in [0.05, 0.1) is 26.2 Å². The number of halogens is 4. The Kier molecular flexibility index (Phi) is 6.78. The molecule has 0 aliphatic carbocycles. The number of thiophene rings is 1. The average Bonchev–Trinajstić information content (AvgIpc) is 3.25. The summed E-state index contributed by atoms with van der Waals surface area (Å²) in [5, 5.41) is 7.89. The highest BCUT2D eigenvalue weighted by Gasteiger charge is 2.36. The molecule has 2 N–H and O–H groups in total. The highest BCUT2D eigenvalue weighted by atomic mass is 35.5. The quantitative estimate of drug-likeness (QED) is 0.488. The number of aromatic nitrogens is 2. The summed E-state index contributed by atoms with van der Waals surface area (Å²) in [4.78, 5) is 10.1. The van der Waals surface area contributed by atoms with Gasteiger partial charge in [0.2, 0.25) is 5.95 Å². The van der Waals surface area contributed by atoms with Crippen LogP contribution in [0.3, 0.4) is 0 Å². The summed E-state index contributed by atoms with van der Waals surface area (Å²) in [5.74, 6) is -0.0947. The first-order chi connectivity index (χ1) is 15.9. The van der Waals surface area contributed by atoms with Crippen molar-refractivity contribution in [3.8, 4) is 10.6 Å². The Morgan fingerprint density at radius 2 is 2.06 bits per heavy atom. The molecule has 0 radical (unpaired) electrons. The number of nitrogens with one attached hydrogen (secondary N) is 2. The first kappa shape index (κ1) is 24.7. The zero-order valence-electron chi connectivity index (χ0n) is 18.1. The lowest BCUT2D eigenvalue weighted by Gasteiger charge is -2.33. The molecular weight excluding hydrogens is 511 g/mol. The van der Waals surface area contributed by atoms with Crippen LogP contribution in [0.15, 0.2) is 40.7 Å². The minimum absolute atomic E-state index is 0.0625. The SMILES string of the molecule is C[C@@H]1CN(c2ccc(Nc3ncc(C(F)(F)F)c(-c4cc(S(C)(=O)=O)cs4)n3)c(Cl)c2)CCN1. The van der Waals surface area contributed by atoms with Crippen LogP contribution in [-0.4, -0.2) is 50.3 Å². The fourth-order valence-corrected chi connectivity index (χ4v) is 5.81. The van der Waals surface area contributed by atoms with Crippen LogP contribution in [0.25, 0.3) is 10.6 Å². The van der Waals surface area contributed by atoms with E-state index in [1.54, 1.807) is 12.1 Å². The molecule has 3 aromatic rings. The lowest BCUT2D eigenvalue weighted by atomic mass is 10.2. The average molecular weight is 532 g/mol. The van der Waals surface area contributed by atoms with Gasteiger partial charge in [0.1, 0.15) is 5.56 Å². The van der Waals surface area contributed by atoms with E-state index >= 15 is 0 Å². The molecule has 1 aromatic carbocycles. The molecule has 1 aliphatic heterocycles. The van der Waals surface area contributed by atoms with E-state index < -0.39 is 27.3 Å². The summed E-state index contributed by atoms with van der Waals surface area (Å²) in [7, 11) is -3.57. The van der Waals surface area contributed by atoms with E-state index in [0.29, 0.717) is 22.9 Å². The Balaban J connectivity index is 1.65. The number of rotatable bonds is 5. The molecule has 0 amide bonds. The molecule has 1 fully saturated rings. The Morgan fingerprint density at radius 3 is 2.68 bits per heavy atom. The molecule has 4 rings (SSSR count). The van der Waals surface area contributed by atoms with Crippen LogP contribution >= 0.6 is 22.9 Å². The van der Waals surface area contributed by atoms with Gasteiger partial charge in [-0.3, -0.25) is 0 Å². The van der Waals surface area contributed by atoms with Crippen LogP contribution in [0, 0.1) is 0 Å². The van der Waals surface area contributed by atoms with Gasteiger partial charge in [-0.1, -0.05) is 11.6 Å². The minimum Gasteiger partial charge on any atom is -0.369 e. The molecule has 0 spiro atoms. The molecule has 1 aliphatic rings. The van der Waals surface area contributed by atoms with Gasteiger partial charge in [0.25, 0.3) is 0 Å². The Labute approximate surface area is 203 Å². The van der Waals surface area contributed by atoms with Gasteiger partial charge in [0.15, 0.2) is 9.84 Å². The van der Waals surface area contributed by atoms with Gasteiger partial charge < -0.3 is 15.5 Å². The predicted molar refractivity (Wildman–Crippen MR) is 128 cm³/mol. The van der Waals surface area contributed by atoms with Crippen molar-refractivity contribution < 1.29 is 21.6 Å². The lowest BCUT2D eigenvalue weighted by Crippen LogP contribution is -2.49. The third-order valence-corrected chi connectivity index (χ3v) is 7.75. The second-order valence-electron chi connectivity index (χ2n) is 7.96. The first-order valence-electron chi connectivity index (χ1n) is 10.2. The largest absolute Gasteiger partial charge is 0.420 e. The summed E-state index contributed by atoms with van der Waals surface area (Å²) >= 11 is 7.31. The van der Waals surface area contributed by atoms with E-state index in [-0.39, 0.29) is 15.7 Å². The number of piperazine rings is 1. The minimum atomic E-state index is -4.72. The van der Waals surface area contributed by atoms with Crippen LogP contribution in [0.2, 0.25) is 5.02 Å². The molecule has 0 bridgehead atoms. The zero-order valence-corrected chi connectivity index (χ0v) is 20.5. The van der Waals surface area contributed by atoms with Crippen molar-refractivity contribution in [2.24, 2.45) is 0 Å². The van der Waals surface area contributed by atoms with Crippen molar-refractivity contribution in [1.29, 1.82) is 0 Å². The number of alkyl halides is 3. The van der Waals surface area contributed by atoms with E-state index in [1.807, 2.05) is 6.07 Å².